The summed E-state index contributed by atoms with van der Waals surface area (Å²) in [6.07, 6.45) is -0.983. The van der Waals surface area contributed by atoms with Gasteiger partial charge in [0.15, 0.2) is 6.10 Å². The van der Waals surface area contributed by atoms with Crippen molar-refractivity contribution in [3.8, 4) is 11.5 Å². The highest BCUT2D eigenvalue weighted by Gasteiger charge is 2.22. The minimum Gasteiger partial charge on any atom is -0.497 e. The molecule has 0 aromatic heterocycles. The highest BCUT2D eigenvalue weighted by atomic mass is 16.5. The SMILES string of the molecule is COc1ccc(C(=O)O[C@@H](C)C(=O)Nc2ccc(N3CCOCC3)cc2)c(OC)c1. The van der Waals surface area contributed by atoms with Crippen LogP contribution in [0.4, 0.5) is 11.4 Å². The second-order valence-electron chi connectivity index (χ2n) is 6.75. The van der Waals surface area contributed by atoms with Crippen LogP contribution in [0.3, 0.4) is 0 Å². The van der Waals surface area contributed by atoms with E-state index in [1.54, 1.807) is 12.1 Å². The van der Waals surface area contributed by atoms with E-state index in [0.29, 0.717) is 30.4 Å². The molecule has 2 aromatic rings. The minimum absolute atomic E-state index is 0.216. The van der Waals surface area contributed by atoms with Gasteiger partial charge >= 0.3 is 5.97 Å². The van der Waals surface area contributed by atoms with Gasteiger partial charge in [-0.3, -0.25) is 4.79 Å². The van der Waals surface area contributed by atoms with E-state index in [9.17, 15) is 9.59 Å². The number of methoxy groups -OCH3 is 2. The van der Waals surface area contributed by atoms with E-state index in [-0.39, 0.29) is 5.56 Å². The minimum atomic E-state index is -0.983. The first-order chi connectivity index (χ1) is 14.5. The fraction of sp³-hybridized carbons (Fsp3) is 0.364. The van der Waals surface area contributed by atoms with Gasteiger partial charge in [-0.2, -0.15) is 0 Å². The molecule has 1 fully saturated rings. The third-order valence-electron chi connectivity index (χ3n) is 4.79. The van der Waals surface area contributed by atoms with Gasteiger partial charge in [0.05, 0.1) is 27.4 Å². The maximum absolute atomic E-state index is 12.5. The van der Waals surface area contributed by atoms with E-state index >= 15 is 0 Å². The second kappa shape index (κ2) is 9.98. The van der Waals surface area contributed by atoms with Gasteiger partial charge in [-0.05, 0) is 43.3 Å². The molecule has 3 rings (SSSR count). The Bertz CT molecular complexity index is 878. The van der Waals surface area contributed by atoms with E-state index in [1.165, 1.54) is 27.2 Å². The van der Waals surface area contributed by atoms with Crippen molar-refractivity contribution in [2.75, 3.05) is 50.7 Å². The predicted molar refractivity (Wildman–Crippen MR) is 113 cm³/mol. The lowest BCUT2D eigenvalue weighted by molar-refractivity contribution is -0.123. The maximum atomic E-state index is 12.5. The van der Waals surface area contributed by atoms with Gasteiger partial charge in [-0.15, -0.1) is 0 Å². The highest BCUT2D eigenvalue weighted by Crippen LogP contribution is 2.25. The zero-order valence-electron chi connectivity index (χ0n) is 17.3. The van der Waals surface area contributed by atoms with Crippen LogP contribution in [0, 0.1) is 0 Å². The zero-order chi connectivity index (χ0) is 21.5. The van der Waals surface area contributed by atoms with Gasteiger partial charge in [-0.1, -0.05) is 0 Å². The van der Waals surface area contributed by atoms with Crippen LogP contribution in [0.2, 0.25) is 0 Å². The Hall–Kier alpha value is -3.26. The summed E-state index contributed by atoms with van der Waals surface area (Å²) in [6.45, 7) is 4.62. The number of nitrogens with zero attached hydrogens (tertiary/aromatic N) is 1. The van der Waals surface area contributed by atoms with Crippen molar-refractivity contribution in [2.24, 2.45) is 0 Å². The Labute approximate surface area is 175 Å². The number of benzene rings is 2. The quantitative estimate of drug-likeness (QED) is 0.697. The first-order valence-electron chi connectivity index (χ1n) is 9.68. The van der Waals surface area contributed by atoms with E-state index in [0.717, 1.165) is 18.8 Å². The molecule has 0 bridgehead atoms. The van der Waals surface area contributed by atoms with Crippen molar-refractivity contribution >= 4 is 23.3 Å². The zero-order valence-corrected chi connectivity index (χ0v) is 17.3. The number of rotatable bonds is 7. The number of carbonyl (C=O) groups is 2. The Morgan fingerprint density at radius 1 is 1.03 bits per heavy atom. The summed E-state index contributed by atoms with van der Waals surface area (Å²) >= 11 is 0. The number of morpholine rings is 1. The maximum Gasteiger partial charge on any atom is 0.342 e. The van der Waals surface area contributed by atoms with Crippen molar-refractivity contribution in [1.29, 1.82) is 0 Å². The van der Waals surface area contributed by atoms with Crippen molar-refractivity contribution in [3.05, 3.63) is 48.0 Å². The van der Waals surface area contributed by atoms with Crippen LogP contribution in [0.1, 0.15) is 17.3 Å². The number of ether oxygens (including phenoxy) is 4. The molecule has 0 saturated carbocycles. The summed E-state index contributed by atoms with van der Waals surface area (Å²) in [5.74, 6) is -0.213. The molecule has 1 atom stereocenters. The molecule has 0 aliphatic carbocycles. The molecule has 30 heavy (non-hydrogen) atoms. The van der Waals surface area contributed by atoms with Gasteiger partial charge in [0.1, 0.15) is 17.1 Å². The summed E-state index contributed by atoms with van der Waals surface area (Å²) < 4.78 is 21.0. The second-order valence-corrected chi connectivity index (χ2v) is 6.75. The van der Waals surface area contributed by atoms with Crippen molar-refractivity contribution in [2.45, 2.75) is 13.0 Å². The topological polar surface area (TPSA) is 86.3 Å². The average molecular weight is 414 g/mol. The molecule has 2 aromatic carbocycles. The van der Waals surface area contributed by atoms with Crippen LogP contribution < -0.4 is 19.7 Å². The summed E-state index contributed by atoms with van der Waals surface area (Å²) in [4.78, 5) is 27.2. The number of hydrogen-bond donors (Lipinski definition) is 1. The van der Waals surface area contributed by atoms with Crippen LogP contribution in [-0.4, -0.2) is 58.5 Å². The van der Waals surface area contributed by atoms with E-state index < -0.39 is 18.0 Å². The highest BCUT2D eigenvalue weighted by molar-refractivity contribution is 5.98. The Morgan fingerprint density at radius 2 is 1.73 bits per heavy atom. The smallest absolute Gasteiger partial charge is 0.342 e. The third kappa shape index (κ3) is 5.21. The standard InChI is InChI=1S/C22H26N2O6/c1-15(30-22(26)19-9-8-18(27-2)14-20(19)28-3)21(25)23-16-4-6-17(7-5-16)24-10-12-29-13-11-24/h4-9,14-15H,10-13H2,1-3H3,(H,23,25)/t15-/m0/s1. The summed E-state index contributed by atoms with van der Waals surface area (Å²) in [7, 11) is 2.97. The molecule has 160 valence electrons. The van der Waals surface area contributed by atoms with Gasteiger partial charge in [0, 0.05) is 30.5 Å². The molecule has 0 radical (unpaired) electrons. The van der Waals surface area contributed by atoms with Gasteiger partial charge in [0.2, 0.25) is 0 Å². The molecule has 8 heteroatoms. The van der Waals surface area contributed by atoms with Gasteiger partial charge in [-0.25, -0.2) is 4.79 Å². The van der Waals surface area contributed by atoms with Crippen molar-refractivity contribution < 1.29 is 28.5 Å². The Morgan fingerprint density at radius 3 is 2.37 bits per heavy atom. The molecule has 1 aliphatic heterocycles. The summed E-state index contributed by atoms with van der Waals surface area (Å²) in [5, 5.41) is 2.76. The lowest BCUT2D eigenvalue weighted by Gasteiger charge is -2.28. The van der Waals surface area contributed by atoms with E-state index in [2.05, 4.69) is 10.2 Å². The lowest BCUT2D eigenvalue weighted by atomic mass is 10.2. The summed E-state index contributed by atoms with van der Waals surface area (Å²) in [5.41, 5.74) is 1.91. The Kier molecular flexibility index (Phi) is 7.13. The first-order valence-corrected chi connectivity index (χ1v) is 9.68. The molecule has 1 saturated heterocycles. The number of nitrogens with one attached hydrogen (secondary N) is 1. The molecule has 0 unspecified atom stereocenters. The first kappa shape index (κ1) is 21.4. The number of amides is 1. The number of anilines is 2. The largest absolute Gasteiger partial charge is 0.497 e. The lowest BCUT2D eigenvalue weighted by Crippen LogP contribution is -2.36. The fourth-order valence-corrected chi connectivity index (χ4v) is 3.07. The third-order valence-corrected chi connectivity index (χ3v) is 4.79. The number of esters is 1. The molecule has 1 heterocycles. The predicted octanol–water partition coefficient (Wildman–Crippen LogP) is 2.72. The number of hydrogen-bond acceptors (Lipinski definition) is 7. The molecule has 1 amide bonds. The van der Waals surface area contributed by atoms with Crippen LogP contribution in [0.5, 0.6) is 11.5 Å². The van der Waals surface area contributed by atoms with Crippen LogP contribution in [0.25, 0.3) is 0 Å². The van der Waals surface area contributed by atoms with Crippen LogP contribution in [0.15, 0.2) is 42.5 Å². The molecular formula is C22H26N2O6. The van der Waals surface area contributed by atoms with Crippen molar-refractivity contribution in [3.63, 3.8) is 0 Å². The fourth-order valence-electron chi connectivity index (χ4n) is 3.07. The van der Waals surface area contributed by atoms with E-state index in [4.69, 9.17) is 18.9 Å². The van der Waals surface area contributed by atoms with Crippen LogP contribution in [-0.2, 0) is 14.3 Å². The molecule has 0 spiro atoms. The van der Waals surface area contributed by atoms with Crippen LogP contribution >= 0.6 is 0 Å². The van der Waals surface area contributed by atoms with Gasteiger partial charge < -0.3 is 29.2 Å². The molecule has 8 nitrogen and oxygen atoms in total. The van der Waals surface area contributed by atoms with Gasteiger partial charge in [0.25, 0.3) is 5.91 Å². The Balaban J connectivity index is 1.58. The molecular weight excluding hydrogens is 388 g/mol. The van der Waals surface area contributed by atoms with Crippen molar-refractivity contribution in [1.82, 2.24) is 0 Å². The summed E-state index contributed by atoms with van der Waals surface area (Å²) in [6, 6.07) is 12.3. The normalized spacial score (nSPS) is 14.6. The average Bonchev–Trinajstić information content (AvgIpc) is 2.79. The molecule has 1 N–H and O–H groups in total. The monoisotopic (exact) mass is 414 g/mol. The number of carbonyl (C=O) groups excluding carboxylic acids is 2. The molecule has 1 aliphatic rings. The van der Waals surface area contributed by atoms with E-state index in [1.807, 2.05) is 24.3 Å².